The summed E-state index contributed by atoms with van der Waals surface area (Å²) in [6.45, 7) is 6.42. The van der Waals surface area contributed by atoms with Gasteiger partial charge in [0.25, 0.3) is 5.91 Å². The van der Waals surface area contributed by atoms with Gasteiger partial charge in [-0.2, -0.15) is 4.31 Å². The third-order valence-electron chi connectivity index (χ3n) is 4.94. The highest BCUT2D eigenvalue weighted by molar-refractivity contribution is 7.89. The van der Waals surface area contributed by atoms with Crippen molar-refractivity contribution in [1.82, 2.24) is 9.62 Å². The van der Waals surface area contributed by atoms with Crippen molar-refractivity contribution in [3.05, 3.63) is 30.1 Å². The summed E-state index contributed by atoms with van der Waals surface area (Å²) in [5.74, 6) is -0.443. The molecule has 0 bridgehead atoms. The van der Waals surface area contributed by atoms with Crippen molar-refractivity contribution in [1.29, 1.82) is 0 Å². The number of carbonyl (C=O) groups excluding carboxylic acids is 1. The second-order valence-electron chi connectivity index (χ2n) is 7.25. The van der Waals surface area contributed by atoms with E-state index < -0.39 is 15.8 Å². The fourth-order valence-electron chi connectivity index (χ4n) is 3.30. The van der Waals surface area contributed by atoms with E-state index in [1.165, 1.54) is 22.9 Å². The molecule has 0 saturated carbocycles. The summed E-state index contributed by atoms with van der Waals surface area (Å²) in [5.41, 5.74) is 0. The number of hydrogen-bond donors (Lipinski definition) is 2. The second-order valence-corrected chi connectivity index (χ2v) is 9.19. The monoisotopic (exact) mass is 400 g/mol. The molecule has 1 aliphatic heterocycles. The normalized spacial score (nSPS) is 17.6. The van der Waals surface area contributed by atoms with Crippen LogP contribution in [0, 0.1) is 5.82 Å². The van der Waals surface area contributed by atoms with Gasteiger partial charge in [-0.3, -0.25) is 4.79 Å². The van der Waals surface area contributed by atoms with Gasteiger partial charge in [0.2, 0.25) is 10.0 Å². The van der Waals surface area contributed by atoms with Crippen molar-refractivity contribution in [2.45, 2.75) is 50.5 Å². The summed E-state index contributed by atoms with van der Waals surface area (Å²) in [5, 5.41) is 3.03. The molecule has 1 amide bonds. The minimum absolute atomic E-state index is 0.0174. The van der Waals surface area contributed by atoms with Crippen molar-refractivity contribution < 1.29 is 22.5 Å². The highest BCUT2D eigenvalue weighted by Gasteiger charge is 2.31. The highest BCUT2D eigenvalue weighted by atomic mass is 32.2. The van der Waals surface area contributed by atoms with Crippen molar-refractivity contribution in [3.63, 3.8) is 0 Å². The lowest BCUT2D eigenvalue weighted by Crippen LogP contribution is -3.15. The number of sulfonamides is 1. The smallest absolute Gasteiger partial charge is 0.275 e. The molecule has 0 unspecified atom stereocenters. The lowest BCUT2D eigenvalue weighted by atomic mass is 10.1. The summed E-state index contributed by atoms with van der Waals surface area (Å²) >= 11 is 0. The molecule has 0 spiro atoms. The molecule has 1 heterocycles. The van der Waals surface area contributed by atoms with Gasteiger partial charge in [0.15, 0.2) is 6.54 Å². The molecular formula is C19H31FN3O3S+. The Hall–Kier alpha value is -1.51. The molecule has 6 nitrogen and oxygen atoms in total. The van der Waals surface area contributed by atoms with Crippen molar-refractivity contribution >= 4 is 15.9 Å². The average molecular weight is 401 g/mol. The van der Waals surface area contributed by atoms with E-state index in [1.807, 2.05) is 6.92 Å². The standard InChI is InChI=1S/C19H30FN3O3S/c1-3-4-5-6-16(2)21-19(24)15-22-11-13-23(14-12-22)27(25,26)18-9-7-17(20)8-10-18/h7-10,16H,3-6,11-15H2,1-2H3,(H,21,24)/p+1/t16-/m1/s1. The number of amides is 1. The Bertz CT molecular complexity index is 701. The Kier molecular flexibility index (Phi) is 8.19. The molecule has 0 aromatic heterocycles. The van der Waals surface area contributed by atoms with Crippen LogP contribution in [-0.4, -0.2) is 57.4 Å². The Morgan fingerprint density at radius 2 is 1.85 bits per heavy atom. The van der Waals surface area contributed by atoms with E-state index in [2.05, 4.69) is 12.2 Å². The number of rotatable bonds is 9. The molecule has 2 rings (SSSR count). The zero-order valence-corrected chi connectivity index (χ0v) is 17.0. The molecule has 152 valence electrons. The quantitative estimate of drug-likeness (QED) is 0.603. The summed E-state index contributed by atoms with van der Waals surface area (Å²) in [6.07, 6.45) is 4.44. The number of quaternary nitrogens is 1. The van der Waals surface area contributed by atoms with Gasteiger partial charge in [-0.1, -0.05) is 26.2 Å². The summed E-state index contributed by atoms with van der Waals surface area (Å²) in [4.78, 5) is 13.4. The summed E-state index contributed by atoms with van der Waals surface area (Å²) < 4.78 is 39.7. The number of nitrogens with zero attached hydrogens (tertiary/aromatic N) is 1. The number of unbranched alkanes of at least 4 members (excludes halogenated alkanes) is 2. The van der Waals surface area contributed by atoms with Gasteiger partial charge in [-0.25, -0.2) is 12.8 Å². The SMILES string of the molecule is CCCCC[C@@H](C)NC(=O)C[NH+]1CCN(S(=O)(=O)c2ccc(F)cc2)CC1. The van der Waals surface area contributed by atoms with Gasteiger partial charge in [0, 0.05) is 6.04 Å². The van der Waals surface area contributed by atoms with Crippen LogP contribution >= 0.6 is 0 Å². The Morgan fingerprint density at radius 3 is 2.44 bits per heavy atom. The molecule has 0 radical (unpaired) electrons. The van der Waals surface area contributed by atoms with Crippen LogP contribution in [0.2, 0.25) is 0 Å². The zero-order valence-electron chi connectivity index (χ0n) is 16.2. The van der Waals surface area contributed by atoms with E-state index in [-0.39, 0.29) is 16.8 Å². The fraction of sp³-hybridized carbons (Fsp3) is 0.632. The molecule has 1 fully saturated rings. The van der Waals surface area contributed by atoms with Crippen molar-refractivity contribution in [3.8, 4) is 0 Å². The van der Waals surface area contributed by atoms with Crippen LogP contribution in [0.5, 0.6) is 0 Å². The Labute approximate surface area is 161 Å². The molecule has 1 atom stereocenters. The van der Waals surface area contributed by atoms with Crippen LogP contribution in [0.15, 0.2) is 29.2 Å². The first-order valence-electron chi connectivity index (χ1n) is 9.71. The predicted molar refractivity (Wildman–Crippen MR) is 102 cm³/mol. The maximum atomic E-state index is 13.0. The first-order valence-corrected chi connectivity index (χ1v) is 11.2. The van der Waals surface area contributed by atoms with Gasteiger partial charge in [0.1, 0.15) is 5.82 Å². The van der Waals surface area contributed by atoms with Crippen LogP contribution in [0.4, 0.5) is 4.39 Å². The molecular weight excluding hydrogens is 369 g/mol. The maximum absolute atomic E-state index is 13.0. The van der Waals surface area contributed by atoms with Crippen LogP contribution in [0.25, 0.3) is 0 Å². The predicted octanol–water partition coefficient (Wildman–Crippen LogP) is 0.800. The van der Waals surface area contributed by atoms with Gasteiger partial charge in [-0.05, 0) is 37.6 Å². The summed E-state index contributed by atoms with van der Waals surface area (Å²) in [7, 11) is -3.61. The van der Waals surface area contributed by atoms with Crippen LogP contribution in [-0.2, 0) is 14.8 Å². The Morgan fingerprint density at radius 1 is 1.22 bits per heavy atom. The van der Waals surface area contributed by atoms with E-state index in [0.717, 1.165) is 36.3 Å². The third kappa shape index (κ3) is 6.55. The first-order chi connectivity index (χ1) is 12.8. The van der Waals surface area contributed by atoms with Gasteiger partial charge >= 0.3 is 0 Å². The lowest BCUT2D eigenvalue weighted by molar-refractivity contribution is -0.895. The van der Waals surface area contributed by atoms with E-state index in [0.29, 0.717) is 32.7 Å². The van der Waals surface area contributed by atoms with Crippen molar-refractivity contribution in [2.24, 2.45) is 0 Å². The van der Waals surface area contributed by atoms with E-state index in [9.17, 15) is 17.6 Å². The maximum Gasteiger partial charge on any atom is 0.275 e. The first kappa shape index (κ1) is 21.8. The van der Waals surface area contributed by atoms with Crippen molar-refractivity contribution in [2.75, 3.05) is 32.7 Å². The molecule has 1 aromatic rings. The van der Waals surface area contributed by atoms with Crippen LogP contribution < -0.4 is 10.2 Å². The molecule has 2 N–H and O–H groups in total. The number of hydrogen-bond acceptors (Lipinski definition) is 3. The fourth-order valence-corrected chi connectivity index (χ4v) is 4.74. The minimum Gasteiger partial charge on any atom is -0.349 e. The molecule has 27 heavy (non-hydrogen) atoms. The minimum atomic E-state index is -3.61. The molecule has 1 saturated heterocycles. The number of benzene rings is 1. The van der Waals surface area contributed by atoms with E-state index in [1.54, 1.807) is 0 Å². The summed E-state index contributed by atoms with van der Waals surface area (Å²) in [6, 6.07) is 5.05. The topological polar surface area (TPSA) is 70.9 Å². The Balaban J connectivity index is 1.79. The number of carbonyl (C=O) groups is 1. The molecule has 1 aliphatic rings. The largest absolute Gasteiger partial charge is 0.349 e. The lowest BCUT2D eigenvalue weighted by Gasteiger charge is -2.31. The zero-order chi connectivity index (χ0) is 19.9. The van der Waals surface area contributed by atoms with Gasteiger partial charge in [-0.15, -0.1) is 0 Å². The number of piperazine rings is 1. The van der Waals surface area contributed by atoms with Crippen LogP contribution in [0.1, 0.15) is 39.5 Å². The molecule has 8 heteroatoms. The second kappa shape index (κ2) is 10.1. The van der Waals surface area contributed by atoms with E-state index >= 15 is 0 Å². The van der Waals surface area contributed by atoms with Gasteiger partial charge in [0.05, 0.1) is 31.1 Å². The number of halogens is 1. The highest BCUT2D eigenvalue weighted by Crippen LogP contribution is 2.15. The molecule has 0 aliphatic carbocycles. The molecule has 1 aromatic carbocycles. The van der Waals surface area contributed by atoms with E-state index in [4.69, 9.17) is 0 Å². The number of nitrogens with one attached hydrogen (secondary N) is 2. The van der Waals surface area contributed by atoms with Gasteiger partial charge < -0.3 is 10.2 Å². The average Bonchev–Trinajstić information content (AvgIpc) is 2.62. The van der Waals surface area contributed by atoms with Crippen LogP contribution in [0.3, 0.4) is 0 Å². The third-order valence-corrected chi connectivity index (χ3v) is 6.85.